The van der Waals surface area contributed by atoms with Gasteiger partial charge in [-0.05, 0) is 58.0 Å². The Balaban J connectivity index is 1.64. The average molecular weight is 335 g/mol. The Hall–Kier alpha value is -1.10. The molecule has 2 amide bonds. The highest BCUT2D eigenvalue weighted by atomic mass is 16.2. The fourth-order valence-electron chi connectivity index (χ4n) is 5.13. The molecule has 136 valence electrons. The van der Waals surface area contributed by atoms with E-state index < -0.39 is 0 Å². The maximum atomic E-state index is 13.0. The molecule has 3 rings (SSSR count). The molecule has 5 heteroatoms. The van der Waals surface area contributed by atoms with E-state index in [-0.39, 0.29) is 17.9 Å². The topological polar surface area (TPSA) is 43.9 Å². The molecule has 3 fully saturated rings. The lowest BCUT2D eigenvalue weighted by atomic mass is 9.97. The largest absolute Gasteiger partial charge is 0.339 e. The van der Waals surface area contributed by atoms with Crippen molar-refractivity contribution in [1.29, 1.82) is 0 Å². The highest BCUT2D eigenvalue weighted by Crippen LogP contribution is 2.31. The zero-order valence-electron chi connectivity index (χ0n) is 15.4. The first-order valence-electron chi connectivity index (χ1n) is 9.92. The maximum absolute atomic E-state index is 13.0. The first-order chi connectivity index (χ1) is 11.6. The molecule has 0 bridgehead atoms. The van der Waals surface area contributed by atoms with Gasteiger partial charge < -0.3 is 9.80 Å². The molecule has 0 aliphatic carbocycles. The molecule has 0 saturated carbocycles. The first-order valence-corrected chi connectivity index (χ1v) is 9.92. The second-order valence-electron chi connectivity index (χ2n) is 7.70. The van der Waals surface area contributed by atoms with Gasteiger partial charge in [-0.25, -0.2) is 0 Å². The Morgan fingerprint density at radius 2 is 1.58 bits per heavy atom. The van der Waals surface area contributed by atoms with E-state index in [2.05, 4.69) is 16.7 Å². The molecule has 3 aliphatic heterocycles. The summed E-state index contributed by atoms with van der Waals surface area (Å²) in [4.78, 5) is 31.5. The van der Waals surface area contributed by atoms with E-state index in [0.717, 1.165) is 51.7 Å². The molecule has 0 aromatic heterocycles. The Bertz CT molecular complexity index is 468. The quantitative estimate of drug-likeness (QED) is 0.791. The monoisotopic (exact) mass is 335 g/mol. The van der Waals surface area contributed by atoms with Crippen LogP contribution in [0.5, 0.6) is 0 Å². The van der Waals surface area contributed by atoms with Gasteiger partial charge in [0.25, 0.3) is 0 Å². The lowest BCUT2D eigenvalue weighted by Crippen LogP contribution is -2.50. The van der Waals surface area contributed by atoms with Gasteiger partial charge in [-0.1, -0.05) is 6.92 Å². The summed E-state index contributed by atoms with van der Waals surface area (Å²) >= 11 is 0. The van der Waals surface area contributed by atoms with Gasteiger partial charge in [0, 0.05) is 44.6 Å². The normalized spacial score (nSPS) is 31.7. The molecular weight excluding hydrogens is 302 g/mol. The summed E-state index contributed by atoms with van der Waals surface area (Å²) in [6.07, 6.45) is 8.48. The Morgan fingerprint density at radius 1 is 0.875 bits per heavy atom. The number of carbonyl (C=O) groups is 2. The number of carbonyl (C=O) groups excluding carboxylic acids is 2. The van der Waals surface area contributed by atoms with Gasteiger partial charge in [0.2, 0.25) is 11.8 Å². The number of nitrogens with zero attached hydrogens (tertiary/aromatic N) is 3. The third-order valence-corrected chi connectivity index (χ3v) is 6.33. The van der Waals surface area contributed by atoms with Gasteiger partial charge in [0.05, 0.1) is 0 Å². The van der Waals surface area contributed by atoms with Crippen molar-refractivity contribution < 1.29 is 9.59 Å². The molecule has 3 aliphatic rings. The number of rotatable bonds is 4. The van der Waals surface area contributed by atoms with Crippen LogP contribution in [0.2, 0.25) is 0 Å². The van der Waals surface area contributed by atoms with Gasteiger partial charge >= 0.3 is 0 Å². The summed E-state index contributed by atoms with van der Waals surface area (Å²) in [7, 11) is 0. The summed E-state index contributed by atoms with van der Waals surface area (Å²) in [6.45, 7) is 7.86. The molecule has 24 heavy (non-hydrogen) atoms. The number of amides is 2. The molecule has 0 unspecified atom stereocenters. The lowest BCUT2D eigenvalue weighted by molar-refractivity contribution is -0.138. The maximum Gasteiger partial charge on any atom is 0.224 e. The Kier molecular flexibility index (Phi) is 5.80. The minimum atomic E-state index is 0.121. The van der Waals surface area contributed by atoms with Gasteiger partial charge in [-0.3, -0.25) is 14.5 Å². The number of piperidine rings is 1. The average Bonchev–Trinajstić information content (AvgIpc) is 3.23. The second kappa shape index (κ2) is 7.85. The van der Waals surface area contributed by atoms with E-state index in [9.17, 15) is 9.59 Å². The molecular formula is C19H33N3O2. The molecule has 3 atom stereocenters. The molecule has 0 spiro atoms. The van der Waals surface area contributed by atoms with E-state index in [1.165, 1.54) is 19.4 Å². The van der Waals surface area contributed by atoms with Crippen molar-refractivity contribution in [3.05, 3.63) is 0 Å². The van der Waals surface area contributed by atoms with Crippen LogP contribution in [0.1, 0.15) is 65.2 Å². The fraction of sp³-hybridized carbons (Fsp3) is 0.895. The molecule has 3 heterocycles. The smallest absolute Gasteiger partial charge is 0.224 e. The van der Waals surface area contributed by atoms with Crippen molar-refractivity contribution in [1.82, 2.24) is 14.7 Å². The Morgan fingerprint density at radius 3 is 2.33 bits per heavy atom. The lowest BCUT2D eigenvalue weighted by Gasteiger charge is -2.38. The molecule has 5 nitrogen and oxygen atoms in total. The summed E-state index contributed by atoms with van der Waals surface area (Å²) in [5.41, 5.74) is 0. The van der Waals surface area contributed by atoms with Crippen LogP contribution in [0, 0.1) is 0 Å². The minimum absolute atomic E-state index is 0.121. The van der Waals surface area contributed by atoms with Crippen LogP contribution >= 0.6 is 0 Å². The van der Waals surface area contributed by atoms with Gasteiger partial charge in [-0.2, -0.15) is 0 Å². The first kappa shape index (κ1) is 17.7. The third-order valence-electron chi connectivity index (χ3n) is 6.33. The number of likely N-dealkylation sites (N-methyl/N-ethyl adjacent to an activating group) is 1. The van der Waals surface area contributed by atoms with E-state index in [0.29, 0.717) is 18.5 Å². The van der Waals surface area contributed by atoms with Crippen LogP contribution in [0.3, 0.4) is 0 Å². The zero-order valence-corrected chi connectivity index (χ0v) is 15.4. The van der Waals surface area contributed by atoms with Crippen molar-refractivity contribution in [2.45, 2.75) is 83.3 Å². The summed E-state index contributed by atoms with van der Waals surface area (Å²) in [5.74, 6) is 0.400. The third kappa shape index (κ3) is 3.61. The fourth-order valence-corrected chi connectivity index (χ4v) is 5.13. The predicted octanol–water partition coefficient (Wildman–Crippen LogP) is 2.25. The predicted molar refractivity (Wildman–Crippen MR) is 94.6 cm³/mol. The van der Waals surface area contributed by atoms with Crippen molar-refractivity contribution in [3.63, 3.8) is 0 Å². The SMILES string of the molecule is CCN1CCC[C@@H]1[C@@H]1CCCN1C(=O)C[C@@H]1CCCCN1C(C)=O. The van der Waals surface area contributed by atoms with Gasteiger partial charge in [0.15, 0.2) is 0 Å². The van der Waals surface area contributed by atoms with Gasteiger partial charge in [-0.15, -0.1) is 0 Å². The number of hydrogen-bond donors (Lipinski definition) is 0. The molecule has 0 N–H and O–H groups in total. The highest BCUT2D eigenvalue weighted by Gasteiger charge is 2.40. The van der Waals surface area contributed by atoms with Crippen molar-refractivity contribution in [2.75, 3.05) is 26.2 Å². The highest BCUT2D eigenvalue weighted by molar-refractivity contribution is 5.79. The number of hydrogen-bond acceptors (Lipinski definition) is 3. The summed E-state index contributed by atoms with van der Waals surface area (Å²) in [5, 5.41) is 0. The second-order valence-corrected chi connectivity index (χ2v) is 7.70. The van der Waals surface area contributed by atoms with E-state index in [4.69, 9.17) is 0 Å². The van der Waals surface area contributed by atoms with Crippen LogP contribution < -0.4 is 0 Å². The Labute approximate surface area is 146 Å². The zero-order chi connectivity index (χ0) is 17.1. The van der Waals surface area contributed by atoms with E-state index in [1.54, 1.807) is 6.92 Å². The minimum Gasteiger partial charge on any atom is -0.339 e. The van der Waals surface area contributed by atoms with Crippen molar-refractivity contribution in [2.24, 2.45) is 0 Å². The van der Waals surface area contributed by atoms with E-state index in [1.807, 2.05) is 4.90 Å². The molecule has 0 aromatic carbocycles. The molecule has 3 saturated heterocycles. The van der Waals surface area contributed by atoms with Crippen molar-refractivity contribution >= 4 is 11.8 Å². The van der Waals surface area contributed by atoms with Gasteiger partial charge in [0.1, 0.15) is 0 Å². The van der Waals surface area contributed by atoms with Crippen molar-refractivity contribution in [3.8, 4) is 0 Å². The molecule has 0 aromatic rings. The van der Waals surface area contributed by atoms with Crippen LogP contribution in [-0.2, 0) is 9.59 Å². The van der Waals surface area contributed by atoms with Crippen LogP contribution in [-0.4, -0.2) is 70.8 Å². The van der Waals surface area contributed by atoms with Crippen LogP contribution in [0.15, 0.2) is 0 Å². The van der Waals surface area contributed by atoms with Crippen LogP contribution in [0.25, 0.3) is 0 Å². The standard InChI is InChI=1S/C19H33N3O2/c1-3-20-11-6-9-17(20)18-10-7-13-22(18)19(24)14-16-8-4-5-12-21(16)15(2)23/h16-18H,3-14H2,1-2H3/t16-,17+,18-/m0/s1. The number of likely N-dealkylation sites (tertiary alicyclic amines) is 3. The van der Waals surface area contributed by atoms with E-state index >= 15 is 0 Å². The molecule has 0 radical (unpaired) electrons. The summed E-state index contributed by atoms with van der Waals surface area (Å²) < 4.78 is 0. The van der Waals surface area contributed by atoms with Crippen LogP contribution in [0.4, 0.5) is 0 Å². The summed E-state index contributed by atoms with van der Waals surface area (Å²) in [6, 6.07) is 1.07.